The lowest BCUT2D eigenvalue weighted by molar-refractivity contribution is 0.183. The Labute approximate surface area is 110 Å². The van der Waals surface area contributed by atoms with E-state index in [2.05, 4.69) is 10.4 Å². The van der Waals surface area contributed by atoms with Crippen molar-refractivity contribution in [3.8, 4) is 5.75 Å². The van der Waals surface area contributed by atoms with E-state index in [1.807, 2.05) is 6.20 Å². The number of methoxy groups -OCH3 is 1. The van der Waals surface area contributed by atoms with E-state index < -0.39 is 0 Å². The van der Waals surface area contributed by atoms with Gasteiger partial charge in [-0.3, -0.25) is 4.68 Å². The third kappa shape index (κ3) is 3.69. The molecule has 102 valence electrons. The van der Waals surface area contributed by atoms with Crippen LogP contribution < -0.4 is 5.32 Å². The van der Waals surface area contributed by atoms with Crippen LogP contribution in [0.15, 0.2) is 30.6 Å². The Bertz CT molecular complexity index is 542. The number of hydrogen-bond donors (Lipinski definition) is 2. The number of ether oxygens (including phenoxy) is 1. The maximum Gasteiger partial charge on any atom is 0.123 e. The van der Waals surface area contributed by atoms with Crippen molar-refractivity contribution in [3.05, 3.63) is 42.0 Å². The molecule has 19 heavy (non-hydrogen) atoms. The lowest BCUT2D eigenvalue weighted by Gasteiger charge is -2.06. The number of benzene rings is 1. The van der Waals surface area contributed by atoms with Crippen LogP contribution in [-0.4, -0.2) is 28.6 Å². The Morgan fingerprint density at radius 2 is 2.32 bits per heavy atom. The third-order valence-corrected chi connectivity index (χ3v) is 2.68. The number of phenols is 1. The molecule has 0 saturated carbocycles. The summed E-state index contributed by atoms with van der Waals surface area (Å²) < 4.78 is 19.8. The second-order valence-electron chi connectivity index (χ2n) is 4.11. The van der Waals surface area contributed by atoms with Gasteiger partial charge in [-0.25, -0.2) is 4.39 Å². The third-order valence-electron chi connectivity index (χ3n) is 2.68. The normalized spacial score (nSPS) is 10.6. The van der Waals surface area contributed by atoms with Gasteiger partial charge in [0.1, 0.15) is 11.6 Å². The second-order valence-corrected chi connectivity index (χ2v) is 4.11. The summed E-state index contributed by atoms with van der Waals surface area (Å²) in [6, 6.07) is 3.87. The Hall–Kier alpha value is -2.08. The van der Waals surface area contributed by atoms with Gasteiger partial charge in [0.15, 0.2) is 0 Å². The zero-order valence-corrected chi connectivity index (χ0v) is 10.6. The maximum absolute atomic E-state index is 13.0. The first-order valence-electron chi connectivity index (χ1n) is 5.91. The van der Waals surface area contributed by atoms with Crippen molar-refractivity contribution in [2.75, 3.05) is 19.0 Å². The largest absolute Gasteiger partial charge is 0.508 e. The molecule has 6 heteroatoms. The predicted octanol–water partition coefficient (Wildman–Crippen LogP) is 1.99. The molecule has 0 saturated heterocycles. The molecule has 1 heterocycles. The molecule has 0 atom stereocenters. The highest BCUT2D eigenvalue weighted by atomic mass is 19.1. The minimum atomic E-state index is -0.370. The van der Waals surface area contributed by atoms with E-state index >= 15 is 0 Å². The van der Waals surface area contributed by atoms with E-state index in [1.54, 1.807) is 18.0 Å². The molecule has 0 bridgehead atoms. The number of rotatable bonds is 6. The van der Waals surface area contributed by atoms with E-state index in [1.165, 1.54) is 18.2 Å². The molecule has 0 fully saturated rings. The first-order chi connectivity index (χ1) is 9.19. The van der Waals surface area contributed by atoms with Gasteiger partial charge < -0.3 is 15.2 Å². The van der Waals surface area contributed by atoms with Crippen LogP contribution >= 0.6 is 0 Å². The number of aromatic hydroxyl groups is 1. The molecular weight excluding hydrogens is 249 g/mol. The fourth-order valence-corrected chi connectivity index (χ4v) is 1.65. The Morgan fingerprint density at radius 1 is 1.47 bits per heavy atom. The van der Waals surface area contributed by atoms with Crippen molar-refractivity contribution in [1.29, 1.82) is 0 Å². The Morgan fingerprint density at radius 3 is 3.11 bits per heavy atom. The summed E-state index contributed by atoms with van der Waals surface area (Å²) in [6.45, 7) is 1.59. The van der Waals surface area contributed by atoms with Gasteiger partial charge >= 0.3 is 0 Å². The van der Waals surface area contributed by atoms with Crippen LogP contribution in [0, 0.1) is 5.82 Å². The zero-order valence-electron chi connectivity index (χ0n) is 10.6. The minimum absolute atomic E-state index is 0.0701. The van der Waals surface area contributed by atoms with Gasteiger partial charge in [0.2, 0.25) is 0 Å². The van der Waals surface area contributed by atoms with Crippen LogP contribution in [-0.2, 0) is 17.8 Å². The lowest BCUT2D eigenvalue weighted by Crippen LogP contribution is -2.04. The molecule has 2 N–H and O–H groups in total. The minimum Gasteiger partial charge on any atom is -0.508 e. The van der Waals surface area contributed by atoms with E-state index in [-0.39, 0.29) is 11.6 Å². The van der Waals surface area contributed by atoms with Crippen molar-refractivity contribution in [3.63, 3.8) is 0 Å². The number of nitrogens with one attached hydrogen (secondary N) is 1. The maximum atomic E-state index is 13.0. The highest BCUT2D eigenvalue weighted by Crippen LogP contribution is 2.19. The van der Waals surface area contributed by atoms with Crippen LogP contribution in [0.1, 0.15) is 5.56 Å². The van der Waals surface area contributed by atoms with Crippen LogP contribution in [0.2, 0.25) is 0 Å². The average molecular weight is 265 g/mol. The van der Waals surface area contributed by atoms with Gasteiger partial charge in [-0.1, -0.05) is 0 Å². The topological polar surface area (TPSA) is 59.3 Å². The molecule has 1 aromatic carbocycles. The number of aromatic nitrogens is 2. The first kappa shape index (κ1) is 13.4. The highest BCUT2D eigenvalue weighted by Gasteiger charge is 2.04. The zero-order chi connectivity index (χ0) is 13.7. The fraction of sp³-hybridized carbons (Fsp3) is 0.308. The summed E-state index contributed by atoms with van der Waals surface area (Å²) in [5.41, 5.74) is 1.31. The van der Waals surface area contributed by atoms with E-state index in [0.29, 0.717) is 25.3 Å². The molecular formula is C13H16FN3O2. The quantitative estimate of drug-likeness (QED) is 0.838. The Balaban J connectivity index is 1.94. The highest BCUT2D eigenvalue weighted by molar-refractivity contribution is 5.41. The SMILES string of the molecule is COCCn1cc(NCc2cc(F)ccc2O)cn1. The molecule has 2 aromatic rings. The summed E-state index contributed by atoms with van der Waals surface area (Å²) in [6.07, 6.45) is 3.50. The van der Waals surface area contributed by atoms with E-state index in [0.717, 1.165) is 5.69 Å². The Kier molecular flexibility index (Phi) is 4.35. The van der Waals surface area contributed by atoms with Crippen LogP contribution in [0.4, 0.5) is 10.1 Å². The number of halogens is 1. The van der Waals surface area contributed by atoms with Gasteiger partial charge in [-0.2, -0.15) is 5.10 Å². The van der Waals surface area contributed by atoms with Crippen molar-refractivity contribution in [2.45, 2.75) is 13.1 Å². The number of nitrogens with zero attached hydrogens (tertiary/aromatic N) is 2. The molecule has 0 amide bonds. The smallest absolute Gasteiger partial charge is 0.123 e. The van der Waals surface area contributed by atoms with Gasteiger partial charge in [-0.15, -0.1) is 0 Å². The van der Waals surface area contributed by atoms with Gasteiger partial charge in [-0.05, 0) is 18.2 Å². The predicted molar refractivity (Wildman–Crippen MR) is 69.5 cm³/mol. The van der Waals surface area contributed by atoms with Gasteiger partial charge in [0.25, 0.3) is 0 Å². The summed E-state index contributed by atoms with van der Waals surface area (Å²) in [5.74, 6) is -0.300. The first-order valence-corrected chi connectivity index (χ1v) is 5.91. The van der Waals surface area contributed by atoms with Crippen molar-refractivity contribution < 1.29 is 14.2 Å². The van der Waals surface area contributed by atoms with Crippen molar-refractivity contribution >= 4 is 5.69 Å². The molecule has 2 rings (SSSR count). The fourth-order valence-electron chi connectivity index (χ4n) is 1.65. The molecule has 0 spiro atoms. The van der Waals surface area contributed by atoms with Crippen LogP contribution in [0.25, 0.3) is 0 Å². The monoisotopic (exact) mass is 265 g/mol. The summed E-state index contributed by atoms with van der Waals surface area (Å²) in [7, 11) is 1.63. The average Bonchev–Trinajstić information content (AvgIpc) is 2.85. The number of anilines is 1. The molecule has 0 aliphatic heterocycles. The summed E-state index contributed by atoms with van der Waals surface area (Å²) >= 11 is 0. The molecule has 0 aliphatic carbocycles. The molecule has 0 unspecified atom stereocenters. The number of phenolic OH excluding ortho intramolecular Hbond substituents is 1. The van der Waals surface area contributed by atoms with Crippen molar-refractivity contribution in [2.24, 2.45) is 0 Å². The van der Waals surface area contributed by atoms with Gasteiger partial charge in [0.05, 0.1) is 25.0 Å². The van der Waals surface area contributed by atoms with E-state index in [9.17, 15) is 9.50 Å². The lowest BCUT2D eigenvalue weighted by atomic mass is 10.2. The van der Waals surface area contributed by atoms with E-state index in [4.69, 9.17) is 4.74 Å². The number of hydrogen-bond acceptors (Lipinski definition) is 4. The molecule has 0 radical (unpaired) electrons. The molecule has 1 aromatic heterocycles. The van der Waals surface area contributed by atoms with Crippen LogP contribution in [0.5, 0.6) is 5.75 Å². The summed E-state index contributed by atoms with van der Waals surface area (Å²) in [5, 5.41) is 16.8. The standard InChI is InChI=1S/C13H16FN3O2/c1-19-5-4-17-9-12(8-16-17)15-7-10-6-11(14)2-3-13(10)18/h2-3,6,8-9,15,18H,4-5,7H2,1H3. The second kappa shape index (κ2) is 6.19. The van der Waals surface area contributed by atoms with Crippen molar-refractivity contribution in [1.82, 2.24) is 9.78 Å². The van der Waals surface area contributed by atoms with Gasteiger partial charge in [0, 0.05) is 25.4 Å². The summed E-state index contributed by atoms with van der Waals surface area (Å²) in [4.78, 5) is 0. The van der Waals surface area contributed by atoms with Crippen LogP contribution in [0.3, 0.4) is 0 Å². The molecule has 5 nitrogen and oxygen atoms in total. The molecule has 0 aliphatic rings.